The van der Waals surface area contributed by atoms with Crippen LogP contribution >= 0.6 is 0 Å². The molecule has 5 heteroatoms. The van der Waals surface area contributed by atoms with E-state index in [1.807, 2.05) is 0 Å². The van der Waals surface area contributed by atoms with Crippen LogP contribution in [-0.2, 0) is 4.74 Å². The van der Waals surface area contributed by atoms with Crippen molar-refractivity contribution < 1.29 is 13.9 Å². The molecule has 0 saturated heterocycles. The Labute approximate surface area is 105 Å². The van der Waals surface area contributed by atoms with Crippen LogP contribution in [0.4, 0.5) is 14.9 Å². The monoisotopic (exact) mass is 252 g/mol. The zero-order valence-corrected chi connectivity index (χ0v) is 10.1. The molecular formula is C13H17FN2O2. The van der Waals surface area contributed by atoms with E-state index in [1.165, 1.54) is 18.2 Å². The average Bonchev–Trinajstić information content (AvgIpc) is 2.74. The first-order chi connectivity index (χ1) is 8.57. The Hall–Kier alpha value is -1.62. The minimum absolute atomic E-state index is 0.203. The van der Waals surface area contributed by atoms with Crippen LogP contribution in [0.5, 0.6) is 0 Å². The molecule has 1 aliphatic rings. The molecule has 4 nitrogen and oxygen atoms in total. The second-order valence-electron chi connectivity index (χ2n) is 4.78. The molecule has 0 radical (unpaired) electrons. The fraction of sp³-hybridized carbons (Fsp3) is 0.462. The highest BCUT2D eigenvalue weighted by Gasteiger charge is 2.30. The lowest BCUT2D eigenvalue weighted by Gasteiger charge is -2.22. The van der Waals surface area contributed by atoms with E-state index in [4.69, 9.17) is 10.5 Å². The highest BCUT2D eigenvalue weighted by molar-refractivity contribution is 5.84. The smallest absolute Gasteiger partial charge is 0.411 e. The first-order valence-corrected chi connectivity index (χ1v) is 6.06. The molecule has 1 fully saturated rings. The van der Waals surface area contributed by atoms with E-state index in [9.17, 15) is 9.18 Å². The van der Waals surface area contributed by atoms with Gasteiger partial charge >= 0.3 is 6.09 Å². The predicted molar refractivity (Wildman–Crippen MR) is 66.8 cm³/mol. The summed E-state index contributed by atoms with van der Waals surface area (Å²) in [6.07, 6.45) is 3.30. The van der Waals surface area contributed by atoms with Gasteiger partial charge in [-0.05, 0) is 31.0 Å². The maximum Gasteiger partial charge on any atom is 0.411 e. The SMILES string of the molecule is NC1(COC(=O)Nc2cccc(F)c2)CCCC1. The van der Waals surface area contributed by atoms with Crippen molar-refractivity contribution in [2.75, 3.05) is 11.9 Å². The predicted octanol–water partition coefficient (Wildman–Crippen LogP) is 2.65. The lowest BCUT2D eigenvalue weighted by atomic mass is 10.0. The largest absolute Gasteiger partial charge is 0.447 e. The minimum Gasteiger partial charge on any atom is -0.447 e. The summed E-state index contributed by atoms with van der Waals surface area (Å²) in [5.41, 5.74) is 6.04. The Morgan fingerprint density at radius 1 is 1.44 bits per heavy atom. The second-order valence-corrected chi connectivity index (χ2v) is 4.78. The van der Waals surface area contributed by atoms with Gasteiger partial charge in [0.25, 0.3) is 0 Å². The Balaban J connectivity index is 1.82. The molecule has 1 aromatic rings. The molecule has 1 amide bonds. The fourth-order valence-electron chi connectivity index (χ4n) is 2.15. The number of ether oxygens (including phenoxy) is 1. The van der Waals surface area contributed by atoms with Crippen LogP contribution in [0.15, 0.2) is 24.3 Å². The topological polar surface area (TPSA) is 64.3 Å². The molecule has 1 saturated carbocycles. The number of carbonyl (C=O) groups excluding carboxylic acids is 1. The minimum atomic E-state index is -0.600. The highest BCUT2D eigenvalue weighted by atomic mass is 19.1. The van der Waals surface area contributed by atoms with Crippen molar-refractivity contribution >= 4 is 11.8 Å². The highest BCUT2D eigenvalue weighted by Crippen LogP contribution is 2.27. The first-order valence-electron chi connectivity index (χ1n) is 6.06. The molecule has 0 atom stereocenters. The van der Waals surface area contributed by atoms with Crippen LogP contribution in [0.1, 0.15) is 25.7 Å². The van der Waals surface area contributed by atoms with E-state index in [0.717, 1.165) is 25.7 Å². The Morgan fingerprint density at radius 3 is 2.83 bits per heavy atom. The summed E-state index contributed by atoms with van der Waals surface area (Å²) in [6, 6.07) is 5.66. The van der Waals surface area contributed by atoms with Crippen LogP contribution in [0.3, 0.4) is 0 Å². The summed E-state index contributed by atoms with van der Waals surface area (Å²) in [7, 11) is 0. The molecule has 0 aromatic heterocycles. The maximum absolute atomic E-state index is 12.9. The molecular weight excluding hydrogens is 235 g/mol. The van der Waals surface area contributed by atoms with Crippen LogP contribution in [0, 0.1) is 5.82 Å². The molecule has 0 aliphatic heterocycles. The lowest BCUT2D eigenvalue weighted by Crippen LogP contribution is -2.42. The van der Waals surface area contributed by atoms with Gasteiger partial charge in [0, 0.05) is 5.69 Å². The molecule has 0 heterocycles. The summed E-state index contributed by atoms with van der Waals surface area (Å²) < 4.78 is 18.0. The summed E-state index contributed by atoms with van der Waals surface area (Å²) in [5.74, 6) is -0.404. The third-order valence-corrected chi connectivity index (χ3v) is 3.16. The van der Waals surface area contributed by atoms with Crippen molar-refractivity contribution in [1.82, 2.24) is 0 Å². The molecule has 98 valence electrons. The number of nitrogens with two attached hydrogens (primary N) is 1. The van der Waals surface area contributed by atoms with Gasteiger partial charge in [0.1, 0.15) is 12.4 Å². The summed E-state index contributed by atoms with van der Waals surface area (Å²) in [4.78, 5) is 11.5. The van der Waals surface area contributed by atoms with Crippen LogP contribution in [-0.4, -0.2) is 18.2 Å². The van der Waals surface area contributed by atoms with Crippen LogP contribution in [0.2, 0.25) is 0 Å². The van der Waals surface area contributed by atoms with Crippen molar-refractivity contribution in [3.05, 3.63) is 30.1 Å². The quantitative estimate of drug-likeness (QED) is 0.869. The van der Waals surface area contributed by atoms with Crippen molar-refractivity contribution in [1.29, 1.82) is 0 Å². The van der Waals surface area contributed by atoms with Gasteiger partial charge in [-0.15, -0.1) is 0 Å². The number of amides is 1. The number of halogens is 1. The lowest BCUT2D eigenvalue weighted by molar-refractivity contribution is 0.130. The third kappa shape index (κ3) is 3.43. The molecule has 0 bridgehead atoms. The Bertz CT molecular complexity index is 431. The zero-order chi connectivity index (χ0) is 13.0. The van der Waals surface area contributed by atoms with E-state index < -0.39 is 11.9 Å². The van der Waals surface area contributed by atoms with Crippen molar-refractivity contribution in [2.24, 2.45) is 5.73 Å². The van der Waals surface area contributed by atoms with Gasteiger partial charge in [-0.3, -0.25) is 5.32 Å². The van der Waals surface area contributed by atoms with E-state index >= 15 is 0 Å². The van der Waals surface area contributed by atoms with Crippen molar-refractivity contribution in [3.63, 3.8) is 0 Å². The third-order valence-electron chi connectivity index (χ3n) is 3.16. The van der Waals surface area contributed by atoms with Crippen molar-refractivity contribution in [2.45, 2.75) is 31.2 Å². The van der Waals surface area contributed by atoms with Gasteiger partial charge in [0.2, 0.25) is 0 Å². The van der Waals surface area contributed by atoms with Gasteiger partial charge in [-0.2, -0.15) is 0 Å². The average molecular weight is 252 g/mol. The number of nitrogens with one attached hydrogen (secondary N) is 1. The van der Waals surface area contributed by atoms with E-state index in [2.05, 4.69) is 5.32 Å². The maximum atomic E-state index is 12.9. The van der Waals surface area contributed by atoms with Crippen LogP contribution in [0.25, 0.3) is 0 Å². The number of hydrogen-bond donors (Lipinski definition) is 2. The Morgan fingerprint density at radius 2 is 2.17 bits per heavy atom. The van der Waals surface area contributed by atoms with Gasteiger partial charge in [0.05, 0.1) is 5.54 Å². The van der Waals surface area contributed by atoms with Gasteiger partial charge in [-0.1, -0.05) is 18.9 Å². The van der Waals surface area contributed by atoms with Crippen molar-refractivity contribution in [3.8, 4) is 0 Å². The fourth-order valence-corrected chi connectivity index (χ4v) is 2.15. The molecule has 0 spiro atoms. The second kappa shape index (κ2) is 5.35. The van der Waals surface area contributed by atoms with E-state index in [-0.39, 0.29) is 12.1 Å². The molecule has 2 rings (SSSR count). The number of hydrogen-bond acceptors (Lipinski definition) is 3. The number of anilines is 1. The van der Waals surface area contributed by atoms with E-state index in [0.29, 0.717) is 5.69 Å². The van der Waals surface area contributed by atoms with Crippen LogP contribution < -0.4 is 11.1 Å². The van der Waals surface area contributed by atoms with E-state index in [1.54, 1.807) is 6.07 Å². The molecule has 1 aliphatic carbocycles. The summed E-state index contributed by atoms with van der Waals surface area (Å²) >= 11 is 0. The number of benzene rings is 1. The molecule has 18 heavy (non-hydrogen) atoms. The Kier molecular flexibility index (Phi) is 3.81. The summed E-state index contributed by atoms with van der Waals surface area (Å²) in [5, 5.41) is 2.47. The molecule has 3 N–H and O–H groups in total. The normalized spacial score (nSPS) is 17.4. The number of rotatable bonds is 3. The number of carbonyl (C=O) groups is 1. The van der Waals surface area contributed by atoms with Gasteiger partial charge < -0.3 is 10.5 Å². The molecule has 1 aromatic carbocycles. The molecule has 0 unspecified atom stereocenters. The summed E-state index contributed by atoms with van der Waals surface area (Å²) in [6.45, 7) is 0.203. The standard InChI is InChI=1S/C13H17FN2O2/c14-10-4-3-5-11(8-10)16-12(17)18-9-13(15)6-1-2-7-13/h3-5,8H,1-2,6-7,9,15H2,(H,16,17). The first kappa shape index (κ1) is 12.8. The van der Waals surface area contributed by atoms with Gasteiger partial charge in [0.15, 0.2) is 0 Å². The van der Waals surface area contributed by atoms with Gasteiger partial charge in [-0.25, -0.2) is 9.18 Å². The zero-order valence-electron chi connectivity index (χ0n) is 10.1.